The normalized spacial score (nSPS) is 30.0. The number of ether oxygens (including phenoxy) is 1. The van der Waals surface area contributed by atoms with E-state index in [1.807, 2.05) is 6.07 Å². The first-order valence-electron chi connectivity index (χ1n) is 7.62. The molecule has 0 aromatic carbocycles. The van der Waals surface area contributed by atoms with E-state index in [1.165, 1.54) is 4.57 Å². The number of pyridine rings is 1. The first kappa shape index (κ1) is 16.4. The Hall–Kier alpha value is -2.45. The maximum absolute atomic E-state index is 11.7. The van der Waals surface area contributed by atoms with Crippen molar-refractivity contribution in [1.29, 1.82) is 0 Å². The highest BCUT2D eigenvalue weighted by atomic mass is 16.5. The fraction of sp³-hybridized carbons (Fsp3) is 0.438. The summed E-state index contributed by atoms with van der Waals surface area (Å²) in [6.45, 7) is 0. The van der Waals surface area contributed by atoms with Crippen LogP contribution in [0.4, 0.5) is 0 Å². The van der Waals surface area contributed by atoms with E-state index in [9.17, 15) is 19.8 Å². The van der Waals surface area contributed by atoms with Crippen molar-refractivity contribution in [1.82, 2.24) is 4.90 Å². The maximum atomic E-state index is 11.7. The van der Waals surface area contributed by atoms with E-state index in [4.69, 9.17) is 9.84 Å². The maximum Gasteiger partial charge on any atom is 0.371 e. The van der Waals surface area contributed by atoms with Gasteiger partial charge in [0.2, 0.25) is 11.7 Å². The molecular formula is C16H19N2O6+. The van der Waals surface area contributed by atoms with E-state index in [-0.39, 0.29) is 11.9 Å². The van der Waals surface area contributed by atoms with Crippen molar-refractivity contribution in [3.63, 3.8) is 0 Å². The summed E-state index contributed by atoms with van der Waals surface area (Å²) in [5.74, 6) is -1.66. The minimum atomic E-state index is -1.35. The Morgan fingerprint density at radius 2 is 2.17 bits per heavy atom. The lowest BCUT2D eigenvalue weighted by atomic mass is 10.1. The lowest BCUT2D eigenvalue weighted by molar-refractivity contribution is -0.769. The zero-order valence-electron chi connectivity index (χ0n) is 13.1. The van der Waals surface area contributed by atoms with Gasteiger partial charge in [0, 0.05) is 25.1 Å². The Bertz CT molecular complexity index is 704. The van der Waals surface area contributed by atoms with Crippen molar-refractivity contribution in [2.45, 2.75) is 37.3 Å². The van der Waals surface area contributed by atoms with Crippen LogP contribution in [-0.2, 0) is 14.3 Å². The second-order valence-electron chi connectivity index (χ2n) is 5.97. The second-order valence-corrected chi connectivity index (χ2v) is 5.97. The van der Waals surface area contributed by atoms with Gasteiger partial charge >= 0.3 is 12.2 Å². The van der Waals surface area contributed by atoms with Crippen LogP contribution in [0, 0.1) is 0 Å². The number of carboxylic acids is 1. The molecule has 2 aliphatic heterocycles. The largest absolute Gasteiger partial charge is 0.475 e. The highest BCUT2D eigenvalue weighted by Crippen LogP contribution is 2.31. The molecule has 1 amide bonds. The van der Waals surface area contributed by atoms with Crippen LogP contribution >= 0.6 is 0 Å². The van der Waals surface area contributed by atoms with E-state index >= 15 is 0 Å². The molecule has 128 valence electrons. The van der Waals surface area contributed by atoms with Gasteiger partial charge in [0.1, 0.15) is 6.10 Å². The number of carbonyl (C=O) groups is 2. The summed E-state index contributed by atoms with van der Waals surface area (Å²) < 4.78 is 6.83. The molecule has 3 N–H and O–H groups in total. The molecule has 24 heavy (non-hydrogen) atoms. The van der Waals surface area contributed by atoms with Gasteiger partial charge in [-0.1, -0.05) is 0 Å². The Balaban J connectivity index is 1.90. The molecule has 8 nitrogen and oxygen atoms in total. The van der Waals surface area contributed by atoms with Crippen LogP contribution in [0.15, 0.2) is 36.4 Å². The van der Waals surface area contributed by atoms with E-state index in [1.54, 1.807) is 30.4 Å². The zero-order valence-corrected chi connectivity index (χ0v) is 13.1. The molecule has 0 unspecified atom stereocenters. The van der Waals surface area contributed by atoms with Gasteiger partial charge in [-0.15, -0.1) is 0 Å². The minimum absolute atomic E-state index is 0.0656. The summed E-state index contributed by atoms with van der Waals surface area (Å²) in [5, 5.41) is 29.1. The lowest BCUT2D eigenvalue weighted by Crippen LogP contribution is -2.53. The fourth-order valence-electron chi connectivity index (χ4n) is 3.08. The van der Waals surface area contributed by atoms with Crippen LogP contribution in [0.1, 0.15) is 30.7 Å². The Labute approximate surface area is 138 Å². The molecule has 1 saturated heterocycles. The first-order valence-corrected chi connectivity index (χ1v) is 7.62. The molecule has 0 aliphatic carbocycles. The van der Waals surface area contributed by atoms with Crippen molar-refractivity contribution in [3.8, 4) is 0 Å². The number of likely N-dealkylation sites (tertiary alicyclic amines) is 1. The van der Waals surface area contributed by atoms with Crippen LogP contribution in [0.2, 0.25) is 0 Å². The summed E-state index contributed by atoms with van der Waals surface area (Å²) in [7, 11) is 1.73. The van der Waals surface area contributed by atoms with Gasteiger partial charge in [0.15, 0.2) is 18.5 Å². The predicted molar refractivity (Wildman–Crippen MR) is 79.2 cm³/mol. The van der Waals surface area contributed by atoms with E-state index < -0.39 is 30.2 Å². The van der Waals surface area contributed by atoms with Crippen LogP contribution in [0.5, 0.6) is 0 Å². The number of aliphatic hydroxyl groups excluding tert-OH is 2. The summed E-state index contributed by atoms with van der Waals surface area (Å²) in [6.07, 6.45) is 1.73. The van der Waals surface area contributed by atoms with Gasteiger partial charge in [0.05, 0.1) is 6.04 Å². The molecule has 1 fully saturated rings. The first-order chi connectivity index (χ1) is 11.4. The highest BCUT2D eigenvalue weighted by molar-refractivity contribution is 5.84. The number of rotatable bonds is 3. The number of carbonyl (C=O) groups excluding carboxylic acids is 1. The van der Waals surface area contributed by atoms with Crippen molar-refractivity contribution in [3.05, 3.63) is 41.9 Å². The van der Waals surface area contributed by atoms with Gasteiger partial charge < -0.3 is 25.0 Å². The van der Waals surface area contributed by atoms with Crippen molar-refractivity contribution >= 4 is 11.9 Å². The van der Waals surface area contributed by atoms with Crippen LogP contribution in [0.25, 0.3) is 0 Å². The zero-order chi connectivity index (χ0) is 17.4. The van der Waals surface area contributed by atoms with Gasteiger partial charge in [-0.25, -0.2) is 4.79 Å². The summed E-state index contributed by atoms with van der Waals surface area (Å²) >= 11 is 0. The quantitative estimate of drug-likeness (QED) is 0.642. The molecule has 1 aromatic rings. The summed E-state index contributed by atoms with van der Waals surface area (Å²) in [5.41, 5.74) is 0.850. The van der Waals surface area contributed by atoms with E-state index in [2.05, 4.69) is 0 Å². The molecule has 8 heteroatoms. The topological polar surface area (TPSA) is 111 Å². The second kappa shape index (κ2) is 6.21. The SMILES string of the molecule is CN1C(=O)CC[C@H]1c1ccc[n+]([C@@H]2OC(C(=O)O)=C[C@H](O)[C@H]2O)c1. The molecule has 0 bridgehead atoms. The standard InChI is InChI=1S/C16H18N2O6/c1-17-10(4-5-13(17)20)9-3-2-6-18(8-9)15-14(21)11(19)7-12(24-15)16(22)23/h2-3,6-8,10-11,14-15,19,21H,4-5H2,1H3/p+1/t10-,11-,14+,15+/m0/s1. The lowest BCUT2D eigenvalue weighted by Gasteiger charge is -2.27. The third-order valence-corrected chi connectivity index (χ3v) is 4.44. The van der Waals surface area contributed by atoms with Crippen LogP contribution < -0.4 is 4.57 Å². The van der Waals surface area contributed by atoms with Gasteiger partial charge in [-0.3, -0.25) is 4.79 Å². The van der Waals surface area contributed by atoms with Gasteiger partial charge in [-0.2, -0.15) is 4.57 Å². The molecule has 4 atom stereocenters. The average molecular weight is 335 g/mol. The van der Waals surface area contributed by atoms with Crippen molar-refractivity contribution < 1.29 is 34.2 Å². The number of carboxylic acid groups (broad SMARTS) is 1. The molecule has 0 radical (unpaired) electrons. The Morgan fingerprint density at radius 3 is 2.79 bits per heavy atom. The number of aliphatic carboxylic acids is 1. The molecule has 0 spiro atoms. The van der Waals surface area contributed by atoms with E-state index in [0.29, 0.717) is 12.8 Å². The third kappa shape index (κ3) is 2.85. The number of hydrogen-bond donors (Lipinski definition) is 3. The van der Waals surface area contributed by atoms with Crippen molar-refractivity contribution in [2.75, 3.05) is 7.05 Å². The number of amides is 1. The molecular weight excluding hydrogens is 316 g/mol. The average Bonchev–Trinajstić information content (AvgIpc) is 2.89. The number of aliphatic hydroxyl groups is 2. The number of nitrogens with zero attached hydrogens (tertiary/aromatic N) is 2. The third-order valence-electron chi connectivity index (χ3n) is 4.44. The van der Waals surface area contributed by atoms with Crippen LogP contribution in [0.3, 0.4) is 0 Å². The smallest absolute Gasteiger partial charge is 0.371 e. The number of aromatic nitrogens is 1. The van der Waals surface area contributed by atoms with Gasteiger partial charge in [0.25, 0.3) is 0 Å². The summed E-state index contributed by atoms with van der Waals surface area (Å²) in [6, 6.07) is 3.51. The molecule has 0 saturated carbocycles. The van der Waals surface area contributed by atoms with E-state index in [0.717, 1.165) is 11.6 Å². The van der Waals surface area contributed by atoms with Crippen molar-refractivity contribution in [2.24, 2.45) is 0 Å². The van der Waals surface area contributed by atoms with Crippen LogP contribution in [-0.4, -0.2) is 51.4 Å². The summed E-state index contributed by atoms with van der Waals surface area (Å²) in [4.78, 5) is 24.5. The number of hydrogen-bond acceptors (Lipinski definition) is 5. The predicted octanol–water partition coefficient (Wildman–Crippen LogP) is -0.514. The fourth-order valence-corrected chi connectivity index (χ4v) is 3.08. The monoisotopic (exact) mass is 335 g/mol. The molecule has 2 aliphatic rings. The molecule has 3 heterocycles. The minimum Gasteiger partial charge on any atom is -0.475 e. The molecule has 1 aromatic heterocycles. The Kier molecular flexibility index (Phi) is 4.25. The Morgan fingerprint density at radius 1 is 1.42 bits per heavy atom. The van der Waals surface area contributed by atoms with Gasteiger partial charge in [-0.05, 0) is 18.6 Å². The highest BCUT2D eigenvalue weighted by Gasteiger charge is 2.41. The molecule has 3 rings (SSSR count).